The molecule has 1 fully saturated rings. The first-order valence-electron chi connectivity index (χ1n) is 7.71. The number of ether oxygens (including phenoxy) is 1. The topological polar surface area (TPSA) is 29.5 Å². The summed E-state index contributed by atoms with van der Waals surface area (Å²) in [5, 5.41) is 0. The largest absolute Gasteiger partial charge is 0.488 e. The average molecular weight is 370 g/mol. The summed E-state index contributed by atoms with van der Waals surface area (Å²) < 4.78 is 6.72. The predicted molar refractivity (Wildman–Crippen MR) is 93.1 cm³/mol. The van der Waals surface area contributed by atoms with E-state index < -0.39 is 0 Å². The molecule has 1 saturated heterocycles. The Hall–Kier alpha value is -2.07. The Kier molecular flexibility index (Phi) is 3.69. The number of fused-ring (bicyclic) bond motifs is 1. The van der Waals surface area contributed by atoms with Crippen LogP contribution >= 0.6 is 15.9 Å². The van der Waals surface area contributed by atoms with Crippen molar-refractivity contribution < 1.29 is 9.53 Å². The molecule has 0 bridgehead atoms. The van der Waals surface area contributed by atoms with Crippen LogP contribution in [-0.4, -0.2) is 24.0 Å². The third-order valence-electron chi connectivity index (χ3n) is 4.42. The van der Waals surface area contributed by atoms with Gasteiger partial charge in [-0.05, 0) is 36.3 Å². The van der Waals surface area contributed by atoms with Gasteiger partial charge in [0.25, 0.3) is 5.91 Å². The summed E-state index contributed by atoms with van der Waals surface area (Å²) in [5.41, 5.74) is 2.87. The van der Waals surface area contributed by atoms with Gasteiger partial charge in [-0.15, -0.1) is 0 Å². The number of rotatable bonds is 2. The van der Waals surface area contributed by atoms with Gasteiger partial charge in [-0.1, -0.05) is 46.3 Å². The molecule has 0 N–H and O–H groups in total. The van der Waals surface area contributed by atoms with Crippen molar-refractivity contribution >= 4 is 27.9 Å². The molecule has 0 aliphatic carbocycles. The Morgan fingerprint density at radius 2 is 2.00 bits per heavy atom. The number of amides is 1. The lowest BCUT2D eigenvalue weighted by atomic mass is 9.93. The standard InChI is InChI=1S/C19H16BrNO2/c20-16-6-7-18-14(11-16)10-15(12-23-18)19(22)21-9-8-17(21)13-4-2-1-3-5-13/h1-7,10-11,17H,8-9,12H2. The van der Waals surface area contributed by atoms with Crippen LogP contribution in [0.1, 0.15) is 23.6 Å². The lowest BCUT2D eigenvalue weighted by Gasteiger charge is -2.42. The monoisotopic (exact) mass is 369 g/mol. The molecule has 1 unspecified atom stereocenters. The van der Waals surface area contributed by atoms with Crippen LogP contribution in [0.25, 0.3) is 6.08 Å². The smallest absolute Gasteiger partial charge is 0.253 e. The molecule has 1 atom stereocenters. The molecule has 2 aliphatic heterocycles. The highest BCUT2D eigenvalue weighted by atomic mass is 79.9. The fourth-order valence-electron chi connectivity index (χ4n) is 3.11. The zero-order valence-electron chi connectivity index (χ0n) is 12.5. The Morgan fingerprint density at radius 1 is 1.17 bits per heavy atom. The van der Waals surface area contributed by atoms with Gasteiger partial charge in [0.1, 0.15) is 12.4 Å². The molecule has 0 spiro atoms. The molecule has 0 radical (unpaired) electrons. The van der Waals surface area contributed by atoms with E-state index in [9.17, 15) is 4.79 Å². The van der Waals surface area contributed by atoms with E-state index in [4.69, 9.17) is 4.74 Å². The van der Waals surface area contributed by atoms with E-state index in [0.717, 1.165) is 34.3 Å². The Bertz CT molecular complexity index is 785. The van der Waals surface area contributed by atoms with Gasteiger partial charge < -0.3 is 9.64 Å². The van der Waals surface area contributed by atoms with Gasteiger partial charge in [0, 0.05) is 16.6 Å². The van der Waals surface area contributed by atoms with Crippen LogP contribution in [0.2, 0.25) is 0 Å². The molecule has 2 aliphatic rings. The quantitative estimate of drug-likeness (QED) is 0.793. The van der Waals surface area contributed by atoms with E-state index in [1.165, 1.54) is 5.56 Å². The molecule has 3 nitrogen and oxygen atoms in total. The van der Waals surface area contributed by atoms with E-state index in [1.54, 1.807) is 0 Å². The van der Waals surface area contributed by atoms with Gasteiger partial charge in [-0.25, -0.2) is 0 Å². The second kappa shape index (κ2) is 5.85. The summed E-state index contributed by atoms with van der Waals surface area (Å²) in [6, 6.07) is 16.2. The number of hydrogen-bond acceptors (Lipinski definition) is 2. The SMILES string of the molecule is O=C(C1=Cc2cc(Br)ccc2OC1)N1CCC1c1ccccc1. The van der Waals surface area contributed by atoms with Gasteiger partial charge in [0.2, 0.25) is 0 Å². The van der Waals surface area contributed by atoms with Crippen molar-refractivity contribution in [2.75, 3.05) is 13.2 Å². The van der Waals surface area contributed by atoms with Crippen LogP contribution in [0.3, 0.4) is 0 Å². The molecule has 0 saturated carbocycles. The molecule has 0 aromatic heterocycles. The van der Waals surface area contributed by atoms with E-state index in [2.05, 4.69) is 28.1 Å². The maximum atomic E-state index is 12.8. The molecule has 2 aromatic carbocycles. The van der Waals surface area contributed by atoms with E-state index in [0.29, 0.717) is 6.61 Å². The molecule has 116 valence electrons. The molecule has 23 heavy (non-hydrogen) atoms. The second-order valence-corrected chi connectivity index (χ2v) is 6.77. The van der Waals surface area contributed by atoms with E-state index in [1.807, 2.05) is 47.4 Å². The summed E-state index contributed by atoms with van der Waals surface area (Å²) in [5.74, 6) is 0.906. The van der Waals surface area contributed by atoms with Crippen LogP contribution < -0.4 is 4.74 Å². The Labute approximate surface area is 143 Å². The molecular weight excluding hydrogens is 354 g/mol. The van der Waals surface area contributed by atoms with Crippen LogP contribution in [0, 0.1) is 0 Å². The van der Waals surface area contributed by atoms with Crippen molar-refractivity contribution in [1.82, 2.24) is 4.90 Å². The van der Waals surface area contributed by atoms with Gasteiger partial charge in [0.15, 0.2) is 0 Å². The normalized spacial score (nSPS) is 19.3. The highest BCUT2D eigenvalue weighted by Gasteiger charge is 2.35. The van der Waals surface area contributed by atoms with Gasteiger partial charge in [0.05, 0.1) is 11.6 Å². The minimum absolute atomic E-state index is 0.0794. The summed E-state index contributed by atoms with van der Waals surface area (Å²) in [4.78, 5) is 14.8. The summed E-state index contributed by atoms with van der Waals surface area (Å²) in [7, 11) is 0. The molecule has 4 rings (SSSR count). The van der Waals surface area contributed by atoms with Crippen LogP contribution in [0.5, 0.6) is 5.75 Å². The van der Waals surface area contributed by atoms with Crippen molar-refractivity contribution in [2.45, 2.75) is 12.5 Å². The number of hydrogen-bond donors (Lipinski definition) is 0. The van der Waals surface area contributed by atoms with Crippen molar-refractivity contribution in [3.05, 3.63) is 69.7 Å². The van der Waals surface area contributed by atoms with Crippen LogP contribution in [0.15, 0.2) is 58.6 Å². The summed E-state index contributed by atoms with van der Waals surface area (Å²) >= 11 is 3.46. The minimum Gasteiger partial charge on any atom is -0.488 e. The van der Waals surface area contributed by atoms with Crippen molar-refractivity contribution in [2.24, 2.45) is 0 Å². The first kappa shape index (κ1) is 14.5. The lowest BCUT2D eigenvalue weighted by molar-refractivity contribution is -0.135. The summed E-state index contributed by atoms with van der Waals surface area (Å²) in [6.07, 6.45) is 2.97. The Balaban J connectivity index is 1.58. The van der Waals surface area contributed by atoms with E-state index in [-0.39, 0.29) is 11.9 Å². The maximum absolute atomic E-state index is 12.8. The molecule has 4 heteroatoms. The summed E-state index contributed by atoms with van der Waals surface area (Å²) in [6.45, 7) is 1.15. The molecule has 1 amide bonds. The number of carbonyl (C=O) groups excluding carboxylic acids is 1. The van der Waals surface area contributed by atoms with Crippen LogP contribution in [0.4, 0.5) is 0 Å². The van der Waals surface area contributed by atoms with Crippen molar-refractivity contribution in [1.29, 1.82) is 0 Å². The number of carbonyl (C=O) groups is 1. The highest BCUT2D eigenvalue weighted by molar-refractivity contribution is 9.10. The number of benzene rings is 2. The van der Waals surface area contributed by atoms with Gasteiger partial charge in [-0.3, -0.25) is 4.79 Å². The maximum Gasteiger partial charge on any atom is 0.253 e. The molecule has 2 aromatic rings. The fourth-order valence-corrected chi connectivity index (χ4v) is 3.49. The zero-order chi connectivity index (χ0) is 15.8. The highest BCUT2D eigenvalue weighted by Crippen LogP contribution is 2.36. The minimum atomic E-state index is 0.0794. The Morgan fingerprint density at radius 3 is 2.74 bits per heavy atom. The number of likely N-dealkylation sites (tertiary alicyclic amines) is 1. The molecule has 2 heterocycles. The lowest BCUT2D eigenvalue weighted by Crippen LogP contribution is -2.46. The fraction of sp³-hybridized carbons (Fsp3) is 0.211. The van der Waals surface area contributed by atoms with Gasteiger partial charge >= 0.3 is 0 Å². The van der Waals surface area contributed by atoms with Crippen molar-refractivity contribution in [3.8, 4) is 5.75 Å². The number of halogens is 1. The van der Waals surface area contributed by atoms with E-state index >= 15 is 0 Å². The first-order valence-corrected chi connectivity index (χ1v) is 8.50. The first-order chi connectivity index (χ1) is 11.2. The molecular formula is C19H16BrNO2. The third kappa shape index (κ3) is 2.68. The predicted octanol–water partition coefficient (Wildman–Crippen LogP) is 4.20. The average Bonchev–Trinajstić information content (AvgIpc) is 2.54. The van der Waals surface area contributed by atoms with Crippen LogP contribution in [-0.2, 0) is 4.79 Å². The second-order valence-electron chi connectivity index (χ2n) is 5.85. The van der Waals surface area contributed by atoms with Gasteiger partial charge in [-0.2, -0.15) is 0 Å². The van der Waals surface area contributed by atoms with Crippen molar-refractivity contribution in [3.63, 3.8) is 0 Å². The number of nitrogens with zero attached hydrogens (tertiary/aromatic N) is 1. The third-order valence-corrected chi connectivity index (χ3v) is 4.92. The zero-order valence-corrected chi connectivity index (χ0v) is 14.1.